The monoisotopic (exact) mass is 232 g/mol. The van der Waals surface area contributed by atoms with E-state index in [2.05, 4.69) is 10.6 Å². The van der Waals surface area contributed by atoms with Crippen molar-refractivity contribution in [1.29, 1.82) is 0 Å². The van der Waals surface area contributed by atoms with E-state index in [1.807, 2.05) is 4.90 Å². The number of alkyl halides is 1. The molecule has 5 nitrogen and oxygen atoms in total. The van der Waals surface area contributed by atoms with Gasteiger partial charge in [-0.1, -0.05) is 0 Å². The van der Waals surface area contributed by atoms with Crippen molar-refractivity contribution in [2.24, 2.45) is 5.73 Å². The average Bonchev–Trinajstić information content (AvgIpc) is 2.29. The summed E-state index contributed by atoms with van der Waals surface area (Å²) in [5, 5.41) is 5.36. The van der Waals surface area contributed by atoms with E-state index in [0.29, 0.717) is 13.1 Å². The molecule has 0 aromatic heterocycles. The van der Waals surface area contributed by atoms with Gasteiger partial charge in [0.1, 0.15) is 6.17 Å². The van der Waals surface area contributed by atoms with Crippen LogP contribution in [-0.2, 0) is 0 Å². The molecule has 0 saturated carbocycles. The Balaban J connectivity index is 2.32. The van der Waals surface area contributed by atoms with Gasteiger partial charge in [0, 0.05) is 32.7 Å². The van der Waals surface area contributed by atoms with Crippen LogP contribution in [0.5, 0.6) is 0 Å². The highest BCUT2D eigenvalue weighted by atomic mass is 19.1. The van der Waals surface area contributed by atoms with Gasteiger partial charge in [-0.05, 0) is 19.4 Å². The number of carbonyl (C=O) groups is 1. The summed E-state index contributed by atoms with van der Waals surface area (Å²) in [5.41, 5.74) is 5.24. The van der Waals surface area contributed by atoms with Crippen molar-refractivity contribution in [3.63, 3.8) is 0 Å². The lowest BCUT2D eigenvalue weighted by molar-refractivity contribution is 0.148. The summed E-state index contributed by atoms with van der Waals surface area (Å²) < 4.78 is 13.1. The first-order valence-corrected chi connectivity index (χ1v) is 5.70. The fraction of sp³-hybridized carbons (Fsp3) is 0.900. The third-order valence-corrected chi connectivity index (χ3v) is 2.78. The molecule has 0 spiro atoms. The van der Waals surface area contributed by atoms with Crippen LogP contribution in [0.2, 0.25) is 0 Å². The number of piperidine rings is 1. The largest absolute Gasteiger partial charge is 0.341 e. The van der Waals surface area contributed by atoms with Crippen molar-refractivity contribution in [2.75, 3.05) is 33.2 Å². The minimum Gasteiger partial charge on any atom is -0.341 e. The molecule has 0 unspecified atom stereocenters. The van der Waals surface area contributed by atoms with Gasteiger partial charge in [-0.3, -0.25) is 4.90 Å². The van der Waals surface area contributed by atoms with E-state index in [-0.39, 0.29) is 18.6 Å². The molecule has 0 aliphatic carbocycles. The number of nitrogens with one attached hydrogen (secondary N) is 2. The summed E-state index contributed by atoms with van der Waals surface area (Å²) >= 11 is 0. The summed E-state index contributed by atoms with van der Waals surface area (Å²) in [7, 11) is 1.59. The number of nitrogens with two attached hydrogens (primary N) is 1. The van der Waals surface area contributed by atoms with E-state index >= 15 is 0 Å². The number of urea groups is 1. The first-order valence-electron chi connectivity index (χ1n) is 5.70. The molecule has 16 heavy (non-hydrogen) atoms. The lowest BCUT2D eigenvalue weighted by Crippen LogP contribution is -2.51. The molecule has 1 saturated heterocycles. The fourth-order valence-electron chi connectivity index (χ4n) is 1.95. The molecule has 0 radical (unpaired) electrons. The van der Waals surface area contributed by atoms with Gasteiger partial charge in [0.05, 0.1) is 0 Å². The minimum atomic E-state index is -0.973. The molecule has 1 fully saturated rings. The van der Waals surface area contributed by atoms with Crippen LogP contribution >= 0.6 is 0 Å². The Morgan fingerprint density at radius 3 is 3.06 bits per heavy atom. The van der Waals surface area contributed by atoms with E-state index in [1.54, 1.807) is 7.05 Å². The molecular formula is C10H21FN4O. The topological polar surface area (TPSA) is 70.4 Å². The number of hydrogen-bond donors (Lipinski definition) is 3. The van der Waals surface area contributed by atoms with Gasteiger partial charge < -0.3 is 16.4 Å². The average molecular weight is 232 g/mol. The molecular weight excluding hydrogens is 211 g/mol. The van der Waals surface area contributed by atoms with Gasteiger partial charge in [-0.25, -0.2) is 9.18 Å². The molecule has 2 atom stereocenters. The van der Waals surface area contributed by atoms with Gasteiger partial charge in [-0.15, -0.1) is 0 Å². The maximum Gasteiger partial charge on any atom is 0.314 e. The van der Waals surface area contributed by atoms with Gasteiger partial charge in [0.2, 0.25) is 0 Å². The predicted octanol–water partition coefficient (Wildman–Crippen LogP) is -0.323. The third kappa shape index (κ3) is 4.32. The first kappa shape index (κ1) is 13.2. The first-order chi connectivity index (χ1) is 7.65. The SMILES string of the molecule is CNC(=O)N[C@@H]1CCCN(C[C@H](F)CN)C1. The van der Waals surface area contributed by atoms with E-state index < -0.39 is 6.17 Å². The van der Waals surface area contributed by atoms with Gasteiger partial charge in [0.15, 0.2) is 0 Å². The van der Waals surface area contributed by atoms with E-state index in [9.17, 15) is 9.18 Å². The molecule has 94 valence electrons. The van der Waals surface area contributed by atoms with Crippen molar-refractivity contribution in [3.05, 3.63) is 0 Å². The Hall–Kier alpha value is -0.880. The fourth-order valence-corrected chi connectivity index (χ4v) is 1.95. The molecule has 2 amide bonds. The Labute approximate surface area is 95.5 Å². The molecule has 0 bridgehead atoms. The van der Waals surface area contributed by atoms with Gasteiger partial charge in [0.25, 0.3) is 0 Å². The van der Waals surface area contributed by atoms with Crippen LogP contribution in [0.15, 0.2) is 0 Å². The second-order valence-corrected chi connectivity index (χ2v) is 4.16. The van der Waals surface area contributed by atoms with Gasteiger partial charge in [-0.2, -0.15) is 0 Å². The van der Waals surface area contributed by atoms with Crippen LogP contribution in [0, 0.1) is 0 Å². The zero-order chi connectivity index (χ0) is 12.0. The quantitative estimate of drug-likeness (QED) is 0.622. The standard InChI is InChI=1S/C10H21FN4O/c1-13-10(16)14-9-3-2-4-15(7-9)6-8(11)5-12/h8-9H,2-7,12H2,1H3,(H2,13,14,16)/t8-,9-/m1/s1. The van der Waals surface area contributed by atoms with Crippen molar-refractivity contribution in [2.45, 2.75) is 25.1 Å². The Kier molecular flexibility index (Phi) is 5.48. The smallest absolute Gasteiger partial charge is 0.314 e. The van der Waals surface area contributed by atoms with Crippen LogP contribution < -0.4 is 16.4 Å². The Morgan fingerprint density at radius 2 is 2.44 bits per heavy atom. The van der Waals surface area contributed by atoms with Gasteiger partial charge >= 0.3 is 6.03 Å². The summed E-state index contributed by atoms with van der Waals surface area (Å²) in [4.78, 5) is 13.1. The molecule has 1 aliphatic rings. The van der Waals surface area contributed by atoms with Crippen molar-refractivity contribution >= 4 is 6.03 Å². The molecule has 0 aromatic carbocycles. The third-order valence-electron chi connectivity index (χ3n) is 2.78. The second kappa shape index (κ2) is 6.65. The van der Waals surface area contributed by atoms with Crippen molar-refractivity contribution in [1.82, 2.24) is 15.5 Å². The lowest BCUT2D eigenvalue weighted by Gasteiger charge is -2.33. The zero-order valence-electron chi connectivity index (χ0n) is 9.71. The Morgan fingerprint density at radius 1 is 1.69 bits per heavy atom. The number of carbonyl (C=O) groups excluding carboxylic acids is 1. The van der Waals surface area contributed by atoms with E-state index in [1.165, 1.54) is 0 Å². The number of likely N-dealkylation sites (tertiary alicyclic amines) is 1. The lowest BCUT2D eigenvalue weighted by atomic mass is 10.1. The van der Waals surface area contributed by atoms with Crippen LogP contribution in [0.1, 0.15) is 12.8 Å². The number of nitrogens with zero attached hydrogens (tertiary/aromatic N) is 1. The van der Waals surface area contributed by atoms with E-state index in [4.69, 9.17) is 5.73 Å². The van der Waals surface area contributed by atoms with Crippen LogP contribution in [0.4, 0.5) is 9.18 Å². The number of hydrogen-bond acceptors (Lipinski definition) is 3. The van der Waals surface area contributed by atoms with Crippen LogP contribution in [-0.4, -0.2) is 56.4 Å². The summed E-state index contributed by atoms with van der Waals surface area (Å²) in [6.45, 7) is 2.01. The second-order valence-electron chi connectivity index (χ2n) is 4.16. The molecule has 0 aromatic rings. The Bertz CT molecular complexity index is 227. The zero-order valence-corrected chi connectivity index (χ0v) is 9.71. The normalized spacial score (nSPS) is 23.8. The minimum absolute atomic E-state index is 0.0596. The summed E-state index contributed by atoms with van der Waals surface area (Å²) in [5.74, 6) is 0. The van der Waals surface area contributed by atoms with Crippen LogP contribution in [0.3, 0.4) is 0 Å². The number of rotatable bonds is 4. The highest BCUT2D eigenvalue weighted by Crippen LogP contribution is 2.10. The molecule has 4 N–H and O–H groups in total. The number of halogens is 1. The molecule has 1 rings (SSSR count). The van der Waals surface area contributed by atoms with E-state index in [0.717, 1.165) is 19.4 Å². The molecule has 6 heteroatoms. The summed E-state index contributed by atoms with van der Waals surface area (Å²) in [6.07, 6.45) is 0.953. The summed E-state index contributed by atoms with van der Waals surface area (Å²) in [6, 6.07) is -0.0684. The maximum absolute atomic E-state index is 13.1. The maximum atomic E-state index is 13.1. The highest BCUT2D eigenvalue weighted by molar-refractivity contribution is 5.73. The van der Waals surface area contributed by atoms with Crippen molar-refractivity contribution < 1.29 is 9.18 Å². The van der Waals surface area contributed by atoms with Crippen LogP contribution in [0.25, 0.3) is 0 Å². The highest BCUT2D eigenvalue weighted by Gasteiger charge is 2.22. The predicted molar refractivity (Wildman–Crippen MR) is 61.0 cm³/mol. The van der Waals surface area contributed by atoms with Crippen molar-refractivity contribution in [3.8, 4) is 0 Å². The molecule has 1 heterocycles. The molecule has 1 aliphatic heterocycles. The number of amides is 2.